The molecule has 0 unspecified atom stereocenters. The summed E-state index contributed by atoms with van der Waals surface area (Å²) in [6.07, 6.45) is 3.34. The van der Waals surface area contributed by atoms with E-state index < -0.39 is 0 Å². The lowest BCUT2D eigenvalue weighted by molar-refractivity contribution is 0.167. The van der Waals surface area contributed by atoms with E-state index in [0.29, 0.717) is 12.0 Å². The average Bonchev–Trinajstić information content (AvgIpc) is 3.15. The van der Waals surface area contributed by atoms with Crippen molar-refractivity contribution in [3.8, 4) is 0 Å². The first-order valence-electron chi connectivity index (χ1n) is 7.44. The highest BCUT2D eigenvalue weighted by Crippen LogP contribution is 2.29. The fourth-order valence-electron chi connectivity index (χ4n) is 2.62. The number of amides is 2. The van der Waals surface area contributed by atoms with E-state index in [4.69, 9.17) is 4.74 Å². The fourth-order valence-corrected chi connectivity index (χ4v) is 2.62. The number of nitrogens with one attached hydrogen (secondary N) is 1. The van der Waals surface area contributed by atoms with Gasteiger partial charge in [0.1, 0.15) is 0 Å². The molecule has 1 atom stereocenters. The quantitative estimate of drug-likeness (QED) is 0.917. The molecule has 4 heteroatoms. The molecule has 2 aliphatic rings. The minimum atomic E-state index is 0.0308. The van der Waals surface area contributed by atoms with E-state index in [-0.39, 0.29) is 6.03 Å². The van der Waals surface area contributed by atoms with Gasteiger partial charge in [0, 0.05) is 30.8 Å². The Kier molecular flexibility index (Phi) is 3.92. The molecule has 0 aromatic heterocycles. The molecule has 1 saturated heterocycles. The number of anilines is 1. The van der Waals surface area contributed by atoms with E-state index in [0.717, 1.165) is 44.7 Å². The van der Waals surface area contributed by atoms with Crippen LogP contribution in [-0.4, -0.2) is 36.7 Å². The molecule has 1 aromatic rings. The van der Waals surface area contributed by atoms with E-state index in [9.17, 15) is 4.79 Å². The van der Waals surface area contributed by atoms with Crippen LogP contribution in [0.15, 0.2) is 24.3 Å². The summed E-state index contributed by atoms with van der Waals surface area (Å²) in [5.74, 6) is 0.499. The van der Waals surface area contributed by atoms with Crippen LogP contribution in [0.4, 0.5) is 10.5 Å². The third-order valence-corrected chi connectivity index (χ3v) is 4.03. The van der Waals surface area contributed by atoms with Crippen LogP contribution in [0, 0.1) is 12.8 Å². The van der Waals surface area contributed by atoms with E-state index >= 15 is 0 Å². The smallest absolute Gasteiger partial charge is 0.322 e. The summed E-state index contributed by atoms with van der Waals surface area (Å²) < 4.78 is 5.41. The molecule has 108 valence electrons. The second-order valence-electron chi connectivity index (χ2n) is 5.91. The van der Waals surface area contributed by atoms with Crippen LogP contribution in [0.3, 0.4) is 0 Å². The average molecular weight is 274 g/mol. The summed E-state index contributed by atoms with van der Waals surface area (Å²) in [4.78, 5) is 14.4. The normalized spacial score (nSPS) is 21.8. The lowest BCUT2D eigenvalue weighted by atomic mass is 10.1. The molecule has 0 spiro atoms. The second-order valence-corrected chi connectivity index (χ2v) is 5.91. The largest absolute Gasteiger partial charge is 0.381 e. The van der Waals surface area contributed by atoms with Crippen molar-refractivity contribution in [3.05, 3.63) is 29.8 Å². The van der Waals surface area contributed by atoms with Crippen LogP contribution in [0.5, 0.6) is 0 Å². The SMILES string of the molecule is Cc1ccc(NC(=O)N(C[C@H]2CCOC2)C2CC2)cc1. The van der Waals surface area contributed by atoms with Crippen molar-refractivity contribution >= 4 is 11.7 Å². The molecule has 1 aliphatic carbocycles. The highest BCUT2D eigenvalue weighted by Gasteiger charge is 2.34. The van der Waals surface area contributed by atoms with Crippen LogP contribution >= 0.6 is 0 Å². The zero-order valence-corrected chi connectivity index (χ0v) is 12.0. The Hall–Kier alpha value is -1.55. The summed E-state index contributed by atoms with van der Waals surface area (Å²) in [6.45, 7) is 4.49. The zero-order chi connectivity index (χ0) is 13.9. The molecule has 1 saturated carbocycles. The van der Waals surface area contributed by atoms with Crippen molar-refractivity contribution in [2.24, 2.45) is 5.92 Å². The van der Waals surface area contributed by atoms with Gasteiger partial charge in [-0.3, -0.25) is 0 Å². The van der Waals surface area contributed by atoms with Crippen molar-refractivity contribution < 1.29 is 9.53 Å². The molecule has 1 aliphatic heterocycles. The highest BCUT2D eigenvalue weighted by atomic mass is 16.5. The number of nitrogens with zero attached hydrogens (tertiary/aromatic N) is 1. The number of carbonyl (C=O) groups is 1. The Morgan fingerprint density at radius 1 is 1.30 bits per heavy atom. The van der Waals surface area contributed by atoms with Crippen LogP contribution in [0.1, 0.15) is 24.8 Å². The standard InChI is InChI=1S/C16H22N2O2/c1-12-2-4-14(5-3-12)17-16(19)18(15-6-7-15)10-13-8-9-20-11-13/h2-5,13,15H,6-11H2,1H3,(H,17,19)/t13-/m1/s1. The van der Waals surface area contributed by atoms with Crippen LogP contribution < -0.4 is 5.32 Å². The number of rotatable bonds is 4. The summed E-state index contributed by atoms with van der Waals surface area (Å²) >= 11 is 0. The molecule has 4 nitrogen and oxygen atoms in total. The predicted octanol–water partition coefficient (Wildman–Crippen LogP) is 3.03. The predicted molar refractivity (Wildman–Crippen MR) is 78.9 cm³/mol. The molecule has 1 N–H and O–H groups in total. The second kappa shape index (κ2) is 5.83. The van der Waals surface area contributed by atoms with Gasteiger partial charge in [-0.1, -0.05) is 17.7 Å². The van der Waals surface area contributed by atoms with Gasteiger partial charge in [-0.25, -0.2) is 4.79 Å². The minimum absolute atomic E-state index is 0.0308. The molecule has 20 heavy (non-hydrogen) atoms. The van der Waals surface area contributed by atoms with E-state index in [1.807, 2.05) is 36.1 Å². The summed E-state index contributed by atoms with van der Waals surface area (Å²) in [5, 5.41) is 3.01. The maximum Gasteiger partial charge on any atom is 0.322 e. The molecule has 0 bridgehead atoms. The molecule has 2 amide bonds. The van der Waals surface area contributed by atoms with Crippen molar-refractivity contribution in [2.45, 2.75) is 32.2 Å². The maximum absolute atomic E-state index is 12.4. The van der Waals surface area contributed by atoms with Crippen molar-refractivity contribution in [1.29, 1.82) is 0 Å². The van der Waals surface area contributed by atoms with Gasteiger partial charge in [-0.2, -0.15) is 0 Å². The number of aryl methyl sites for hydroxylation is 1. The Bertz CT molecular complexity index is 462. The van der Waals surface area contributed by atoms with Crippen molar-refractivity contribution in [3.63, 3.8) is 0 Å². The fraction of sp³-hybridized carbons (Fsp3) is 0.562. The Balaban J connectivity index is 1.61. The first-order chi connectivity index (χ1) is 9.72. The molecule has 2 fully saturated rings. The van der Waals surface area contributed by atoms with Gasteiger partial charge in [0.15, 0.2) is 0 Å². The highest BCUT2D eigenvalue weighted by molar-refractivity contribution is 5.89. The third kappa shape index (κ3) is 3.31. The van der Waals surface area contributed by atoms with Crippen LogP contribution in [-0.2, 0) is 4.74 Å². The molecular weight excluding hydrogens is 252 g/mol. The van der Waals surface area contributed by atoms with Gasteiger partial charge in [0.2, 0.25) is 0 Å². The summed E-state index contributed by atoms with van der Waals surface area (Å²) in [7, 11) is 0. The van der Waals surface area contributed by atoms with E-state index in [1.165, 1.54) is 5.56 Å². The maximum atomic E-state index is 12.4. The molecule has 1 heterocycles. The third-order valence-electron chi connectivity index (χ3n) is 4.03. The lowest BCUT2D eigenvalue weighted by Crippen LogP contribution is -2.40. The number of hydrogen-bond donors (Lipinski definition) is 1. The number of ether oxygens (including phenoxy) is 1. The summed E-state index contributed by atoms with van der Waals surface area (Å²) in [6, 6.07) is 8.40. The molecule has 0 radical (unpaired) electrons. The van der Waals surface area contributed by atoms with Crippen molar-refractivity contribution in [1.82, 2.24) is 4.90 Å². The van der Waals surface area contributed by atoms with Gasteiger partial charge in [0.05, 0.1) is 6.61 Å². The number of carbonyl (C=O) groups excluding carboxylic acids is 1. The number of urea groups is 1. The van der Waals surface area contributed by atoms with Crippen molar-refractivity contribution in [2.75, 3.05) is 25.1 Å². The Morgan fingerprint density at radius 2 is 2.05 bits per heavy atom. The topological polar surface area (TPSA) is 41.6 Å². The summed E-state index contributed by atoms with van der Waals surface area (Å²) in [5.41, 5.74) is 2.07. The van der Waals surface area contributed by atoms with E-state index in [2.05, 4.69) is 5.32 Å². The Labute approximate surface area is 120 Å². The van der Waals surface area contributed by atoms with Gasteiger partial charge in [0.25, 0.3) is 0 Å². The molecular formula is C16H22N2O2. The van der Waals surface area contributed by atoms with Gasteiger partial charge >= 0.3 is 6.03 Å². The first kappa shape index (κ1) is 13.4. The van der Waals surface area contributed by atoms with Gasteiger partial charge < -0.3 is 15.0 Å². The molecule has 3 rings (SSSR count). The van der Waals surface area contributed by atoms with Crippen LogP contribution in [0.25, 0.3) is 0 Å². The van der Waals surface area contributed by atoms with E-state index in [1.54, 1.807) is 0 Å². The minimum Gasteiger partial charge on any atom is -0.381 e. The first-order valence-corrected chi connectivity index (χ1v) is 7.44. The lowest BCUT2D eigenvalue weighted by Gasteiger charge is -2.25. The van der Waals surface area contributed by atoms with Crippen LogP contribution in [0.2, 0.25) is 0 Å². The number of hydrogen-bond acceptors (Lipinski definition) is 2. The number of benzene rings is 1. The van der Waals surface area contributed by atoms with Gasteiger partial charge in [-0.15, -0.1) is 0 Å². The van der Waals surface area contributed by atoms with Gasteiger partial charge in [-0.05, 0) is 38.3 Å². The molecule has 1 aromatic carbocycles. The zero-order valence-electron chi connectivity index (χ0n) is 12.0. The monoisotopic (exact) mass is 274 g/mol. The Morgan fingerprint density at radius 3 is 2.65 bits per heavy atom.